The van der Waals surface area contributed by atoms with Crippen molar-refractivity contribution in [3.63, 3.8) is 0 Å². The van der Waals surface area contributed by atoms with Crippen LogP contribution < -0.4 is 14.8 Å². The topological polar surface area (TPSA) is 71.0 Å². The highest BCUT2D eigenvalue weighted by Gasteiger charge is 2.24. The van der Waals surface area contributed by atoms with E-state index in [0.717, 1.165) is 23.5 Å². The Hall–Kier alpha value is -1.79. The van der Waals surface area contributed by atoms with Crippen molar-refractivity contribution in [2.24, 2.45) is 0 Å². The van der Waals surface area contributed by atoms with Gasteiger partial charge in [0.15, 0.2) is 0 Å². The van der Waals surface area contributed by atoms with E-state index in [-0.39, 0.29) is 31.2 Å². The Labute approximate surface area is 137 Å². The molecule has 6 heteroatoms. The zero-order chi connectivity index (χ0) is 16.8. The van der Waals surface area contributed by atoms with Crippen molar-refractivity contribution < 1.29 is 19.4 Å². The Morgan fingerprint density at radius 2 is 2.35 bits per heavy atom. The fraction of sp³-hybridized carbons (Fsp3) is 0.588. The summed E-state index contributed by atoms with van der Waals surface area (Å²) in [6, 6.07) is 5.53. The Kier molecular flexibility index (Phi) is 6.24. The summed E-state index contributed by atoms with van der Waals surface area (Å²) in [4.78, 5) is 14.2. The fourth-order valence-corrected chi connectivity index (χ4v) is 2.63. The number of hydrogen-bond donors (Lipinski definition) is 2. The molecule has 2 atom stereocenters. The number of methoxy groups -OCH3 is 1. The van der Waals surface area contributed by atoms with Crippen LogP contribution in [0.5, 0.6) is 11.5 Å². The molecule has 1 aliphatic heterocycles. The van der Waals surface area contributed by atoms with Crippen molar-refractivity contribution in [3.8, 4) is 11.5 Å². The Balaban J connectivity index is 2.12. The summed E-state index contributed by atoms with van der Waals surface area (Å²) in [5, 5.41) is 11.8. The molecule has 1 aromatic carbocycles. The maximum atomic E-state index is 12.1. The van der Waals surface area contributed by atoms with Gasteiger partial charge >= 0.3 is 0 Å². The average molecular weight is 322 g/mol. The van der Waals surface area contributed by atoms with Crippen molar-refractivity contribution in [2.45, 2.75) is 39.0 Å². The summed E-state index contributed by atoms with van der Waals surface area (Å²) in [7, 11) is 1.63. The molecular formula is C17H26N2O4. The Bertz CT molecular complexity index is 535. The minimum absolute atomic E-state index is 0.0488. The number of carbonyl (C=O) groups is 1. The predicted octanol–water partition coefficient (Wildman–Crippen LogP) is 1.17. The van der Waals surface area contributed by atoms with Crippen molar-refractivity contribution in [1.82, 2.24) is 10.2 Å². The Morgan fingerprint density at radius 3 is 3.00 bits per heavy atom. The quantitative estimate of drug-likeness (QED) is 0.822. The number of hydrogen-bond acceptors (Lipinski definition) is 5. The normalized spacial score (nSPS) is 19.2. The summed E-state index contributed by atoms with van der Waals surface area (Å²) in [6.45, 7) is 5.38. The van der Waals surface area contributed by atoms with Crippen LogP contribution in [0.1, 0.15) is 25.8 Å². The number of ether oxygens (including phenoxy) is 2. The van der Waals surface area contributed by atoms with Gasteiger partial charge in [-0.3, -0.25) is 9.69 Å². The van der Waals surface area contributed by atoms with Gasteiger partial charge in [0.2, 0.25) is 5.91 Å². The zero-order valence-corrected chi connectivity index (χ0v) is 14.0. The van der Waals surface area contributed by atoms with Gasteiger partial charge in [0.05, 0.1) is 20.3 Å². The van der Waals surface area contributed by atoms with Crippen LogP contribution >= 0.6 is 0 Å². The molecular weight excluding hydrogens is 296 g/mol. The van der Waals surface area contributed by atoms with E-state index < -0.39 is 0 Å². The second-order valence-corrected chi connectivity index (χ2v) is 5.94. The van der Waals surface area contributed by atoms with Crippen LogP contribution in [0.3, 0.4) is 0 Å². The van der Waals surface area contributed by atoms with Crippen LogP contribution in [0, 0.1) is 0 Å². The number of amides is 1. The van der Waals surface area contributed by atoms with Gasteiger partial charge < -0.3 is 19.9 Å². The molecule has 1 aromatic rings. The van der Waals surface area contributed by atoms with E-state index in [1.54, 1.807) is 14.0 Å². The number of carbonyl (C=O) groups excluding carboxylic acids is 1. The van der Waals surface area contributed by atoms with Gasteiger partial charge in [-0.1, -0.05) is 6.92 Å². The molecule has 2 N–H and O–H groups in total. The molecule has 1 amide bonds. The lowest BCUT2D eigenvalue weighted by atomic mass is 10.1. The number of nitrogens with one attached hydrogen (secondary N) is 1. The molecule has 0 radical (unpaired) electrons. The van der Waals surface area contributed by atoms with Gasteiger partial charge in [-0.05, 0) is 31.5 Å². The van der Waals surface area contributed by atoms with Crippen molar-refractivity contribution >= 4 is 5.91 Å². The van der Waals surface area contributed by atoms with E-state index in [1.165, 1.54) is 0 Å². The molecule has 1 aliphatic rings. The molecule has 0 saturated carbocycles. The standard InChI is InChI=1S/C17H26N2O4/c1-4-14-9-19(10-17(21)18-12(2)11-20)8-13-7-15(22-3)5-6-16(13)23-14/h5-7,12,14,20H,4,8-11H2,1-3H3,(H,18,21). The summed E-state index contributed by atoms with van der Waals surface area (Å²) in [6.07, 6.45) is 0.920. The molecule has 0 aromatic heterocycles. The maximum Gasteiger partial charge on any atom is 0.234 e. The molecule has 6 nitrogen and oxygen atoms in total. The van der Waals surface area contributed by atoms with Crippen LogP contribution in [0.15, 0.2) is 18.2 Å². The molecule has 128 valence electrons. The third kappa shape index (κ3) is 4.84. The second kappa shape index (κ2) is 8.17. The highest BCUT2D eigenvalue weighted by Crippen LogP contribution is 2.29. The third-order valence-corrected chi connectivity index (χ3v) is 3.92. The molecule has 0 bridgehead atoms. The Morgan fingerprint density at radius 1 is 1.57 bits per heavy atom. The number of nitrogens with zero attached hydrogens (tertiary/aromatic N) is 1. The molecule has 0 aliphatic carbocycles. The second-order valence-electron chi connectivity index (χ2n) is 5.94. The van der Waals surface area contributed by atoms with Crippen LogP contribution in [0.2, 0.25) is 0 Å². The number of aliphatic hydroxyl groups excluding tert-OH is 1. The molecule has 2 unspecified atom stereocenters. The number of aliphatic hydroxyl groups is 1. The number of benzene rings is 1. The van der Waals surface area contributed by atoms with Gasteiger partial charge in [0.25, 0.3) is 0 Å². The molecule has 2 rings (SSSR count). The van der Waals surface area contributed by atoms with Gasteiger partial charge in [0, 0.05) is 24.7 Å². The fourth-order valence-electron chi connectivity index (χ4n) is 2.63. The van der Waals surface area contributed by atoms with Crippen LogP contribution in [-0.4, -0.2) is 54.9 Å². The largest absolute Gasteiger partial charge is 0.497 e. The van der Waals surface area contributed by atoms with Gasteiger partial charge in [-0.15, -0.1) is 0 Å². The van der Waals surface area contributed by atoms with Crippen molar-refractivity contribution in [1.29, 1.82) is 0 Å². The van der Waals surface area contributed by atoms with E-state index in [9.17, 15) is 4.79 Å². The maximum absolute atomic E-state index is 12.1. The van der Waals surface area contributed by atoms with Crippen LogP contribution in [0.4, 0.5) is 0 Å². The lowest BCUT2D eigenvalue weighted by Gasteiger charge is -2.23. The number of rotatable bonds is 6. The van der Waals surface area contributed by atoms with Gasteiger partial charge in [-0.25, -0.2) is 0 Å². The first kappa shape index (κ1) is 17.6. The van der Waals surface area contributed by atoms with Gasteiger partial charge in [-0.2, -0.15) is 0 Å². The first-order valence-electron chi connectivity index (χ1n) is 8.01. The summed E-state index contributed by atoms with van der Waals surface area (Å²) >= 11 is 0. The van der Waals surface area contributed by atoms with Crippen LogP contribution in [0.25, 0.3) is 0 Å². The molecule has 23 heavy (non-hydrogen) atoms. The van der Waals surface area contributed by atoms with Crippen molar-refractivity contribution in [2.75, 3.05) is 26.8 Å². The minimum Gasteiger partial charge on any atom is -0.497 e. The monoisotopic (exact) mass is 322 g/mol. The van der Waals surface area contributed by atoms with E-state index in [4.69, 9.17) is 14.6 Å². The number of fused-ring (bicyclic) bond motifs is 1. The van der Waals surface area contributed by atoms with E-state index in [1.807, 2.05) is 18.2 Å². The van der Waals surface area contributed by atoms with Crippen LogP contribution in [-0.2, 0) is 11.3 Å². The first-order valence-corrected chi connectivity index (χ1v) is 8.01. The molecule has 0 fully saturated rings. The van der Waals surface area contributed by atoms with Crippen molar-refractivity contribution in [3.05, 3.63) is 23.8 Å². The zero-order valence-electron chi connectivity index (χ0n) is 14.0. The smallest absolute Gasteiger partial charge is 0.234 e. The molecule has 1 heterocycles. The van der Waals surface area contributed by atoms with E-state index >= 15 is 0 Å². The van der Waals surface area contributed by atoms with E-state index in [0.29, 0.717) is 13.1 Å². The first-order chi connectivity index (χ1) is 11.0. The van der Waals surface area contributed by atoms with Gasteiger partial charge in [0.1, 0.15) is 17.6 Å². The summed E-state index contributed by atoms with van der Waals surface area (Å²) < 4.78 is 11.3. The summed E-state index contributed by atoms with van der Waals surface area (Å²) in [5.74, 6) is 1.54. The van der Waals surface area contributed by atoms with E-state index in [2.05, 4.69) is 17.1 Å². The third-order valence-electron chi connectivity index (χ3n) is 3.92. The molecule has 0 spiro atoms. The highest BCUT2D eigenvalue weighted by molar-refractivity contribution is 5.78. The highest BCUT2D eigenvalue weighted by atomic mass is 16.5. The molecule has 0 saturated heterocycles. The average Bonchev–Trinajstić information content (AvgIpc) is 2.71. The lowest BCUT2D eigenvalue weighted by molar-refractivity contribution is -0.123. The minimum atomic E-state index is -0.236. The SMILES string of the molecule is CCC1CN(CC(=O)NC(C)CO)Cc2cc(OC)ccc2O1. The predicted molar refractivity (Wildman–Crippen MR) is 87.7 cm³/mol. The lowest BCUT2D eigenvalue weighted by Crippen LogP contribution is -2.44. The summed E-state index contributed by atoms with van der Waals surface area (Å²) in [5.41, 5.74) is 1.02.